The monoisotopic (exact) mass is 477 g/mol. The average Bonchev–Trinajstić information content (AvgIpc) is 3.27. The Labute approximate surface area is 193 Å². The number of amides is 1. The molecule has 1 unspecified atom stereocenters. The maximum Gasteiger partial charge on any atom is 0.258 e. The fraction of sp³-hybridized carbons (Fsp3) is 0.238. The number of anilines is 2. The molecular weight excluding hydrogens is 460 g/mol. The van der Waals surface area contributed by atoms with Crippen LogP contribution in [0.3, 0.4) is 0 Å². The van der Waals surface area contributed by atoms with Gasteiger partial charge < -0.3 is 19.7 Å². The van der Waals surface area contributed by atoms with Crippen molar-refractivity contribution >= 4 is 51.6 Å². The molecule has 1 fully saturated rings. The molecule has 1 saturated heterocycles. The van der Waals surface area contributed by atoms with Gasteiger partial charge in [0.2, 0.25) is 5.91 Å². The maximum atomic E-state index is 14.5. The van der Waals surface area contributed by atoms with Crippen molar-refractivity contribution in [2.45, 2.75) is 12.5 Å². The van der Waals surface area contributed by atoms with Crippen LogP contribution >= 0.6 is 23.2 Å². The molecule has 1 atom stereocenters. The second kappa shape index (κ2) is 9.13. The van der Waals surface area contributed by atoms with E-state index < -0.39 is 5.82 Å². The molecule has 0 radical (unpaired) electrons. The van der Waals surface area contributed by atoms with E-state index in [1.165, 1.54) is 31.6 Å². The minimum atomic E-state index is -0.714. The molecule has 0 saturated carbocycles. The van der Waals surface area contributed by atoms with Gasteiger partial charge in [0.25, 0.3) is 5.88 Å². The minimum Gasteiger partial charge on any atom is -0.491 e. The zero-order chi connectivity index (χ0) is 22.8. The Balaban J connectivity index is 1.67. The highest BCUT2D eigenvalue weighted by atomic mass is 35.5. The molecule has 11 heteroatoms. The predicted molar refractivity (Wildman–Crippen MR) is 119 cm³/mol. The number of methoxy groups -OCH3 is 1. The summed E-state index contributed by atoms with van der Waals surface area (Å²) in [5, 5.41) is 2.78. The molecule has 3 aromatic rings. The van der Waals surface area contributed by atoms with Gasteiger partial charge in [-0.3, -0.25) is 4.79 Å². The van der Waals surface area contributed by atoms with Gasteiger partial charge in [-0.15, -0.1) is 0 Å². The summed E-state index contributed by atoms with van der Waals surface area (Å²) in [7, 11) is 1.49. The lowest BCUT2D eigenvalue weighted by atomic mass is 10.2. The van der Waals surface area contributed by atoms with E-state index in [1.807, 2.05) is 0 Å². The number of nitrogens with zero attached hydrogens (tertiary/aromatic N) is 4. The first kappa shape index (κ1) is 22.0. The summed E-state index contributed by atoms with van der Waals surface area (Å²) < 4.78 is 26.0. The molecule has 0 aliphatic carbocycles. The summed E-state index contributed by atoms with van der Waals surface area (Å²) in [6.45, 7) is 4.46. The number of benzene rings is 1. The Morgan fingerprint density at radius 2 is 2.19 bits per heavy atom. The zero-order valence-electron chi connectivity index (χ0n) is 16.9. The lowest BCUT2D eigenvalue weighted by molar-refractivity contribution is -0.125. The molecule has 8 nitrogen and oxygen atoms in total. The van der Waals surface area contributed by atoms with E-state index in [0.29, 0.717) is 36.3 Å². The number of ether oxygens (including phenoxy) is 2. The number of hydrogen-bond donors (Lipinski definition) is 1. The van der Waals surface area contributed by atoms with Crippen molar-refractivity contribution in [3.8, 4) is 11.6 Å². The van der Waals surface area contributed by atoms with Gasteiger partial charge in [0.05, 0.1) is 34.9 Å². The van der Waals surface area contributed by atoms with Gasteiger partial charge in [-0.1, -0.05) is 29.8 Å². The highest BCUT2D eigenvalue weighted by Gasteiger charge is 2.28. The van der Waals surface area contributed by atoms with E-state index in [0.717, 1.165) is 0 Å². The van der Waals surface area contributed by atoms with E-state index in [4.69, 9.17) is 32.7 Å². The third-order valence-corrected chi connectivity index (χ3v) is 5.74. The molecule has 0 bridgehead atoms. The third kappa shape index (κ3) is 4.26. The van der Waals surface area contributed by atoms with Crippen molar-refractivity contribution < 1.29 is 18.7 Å². The highest BCUT2D eigenvalue weighted by molar-refractivity contribution is 6.42. The predicted octanol–water partition coefficient (Wildman–Crippen LogP) is 4.39. The van der Waals surface area contributed by atoms with Gasteiger partial charge in [-0.25, -0.2) is 19.3 Å². The van der Waals surface area contributed by atoms with Crippen LogP contribution in [0.2, 0.25) is 10.0 Å². The van der Waals surface area contributed by atoms with Crippen LogP contribution < -0.4 is 14.8 Å². The molecule has 1 amide bonds. The summed E-state index contributed by atoms with van der Waals surface area (Å²) in [5.74, 6) is -0.0386. The van der Waals surface area contributed by atoms with Gasteiger partial charge >= 0.3 is 0 Å². The summed E-state index contributed by atoms with van der Waals surface area (Å²) in [6, 6.07) is 4.57. The number of aromatic nitrogens is 3. The molecule has 166 valence electrons. The number of halogens is 3. The molecule has 1 aliphatic heterocycles. The summed E-state index contributed by atoms with van der Waals surface area (Å²) in [4.78, 5) is 26.4. The number of rotatable bonds is 6. The van der Waals surface area contributed by atoms with Gasteiger partial charge in [0.1, 0.15) is 17.9 Å². The van der Waals surface area contributed by atoms with Crippen LogP contribution in [-0.4, -0.2) is 52.1 Å². The standard InChI is InChI=1S/C21H18Cl2FN5O3/c1-3-16(30)29-7-6-11(9-29)32-21-15(31-2)8-14-19(28-21)20(26-10-25-14)27-13-5-4-12(22)17(23)18(13)24/h3-5,8,10-11H,1,6-7,9H2,2H3,(H,25,26,27). The van der Waals surface area contributed by atoms with Crippen molar-refractivity contribution in [2.75, 3.05) is 25.5 Å². The number of nitrogens with one attached hydrogen (secondary N) is 1. The van der Waals surface area contributed by atoms with Crippen molar-refractivity contribution in [3.63, 3.8) is 0 Å². The normalized spacial score (nSPS) is 15.6. The largest absolute Gasteiger partial charge is 0.491 e. The Kier molecular flexibility index (Phi) is 6.29. The zero-order valence-corrected chi connectivity index (χ0v) is 18.5. The van der Waals surface area contributed by atoms with Gasteiger partial charge in [0.15, 0.2) is 17.4 Å². The lowest BCUT2D eigenvalue weighted by Crippen LogP contribution is -2.29. The minimum absolute atomic E-state index is 0.0776. The number of likely N-dealkylation sites (tertiary alicyclic amines) is 1. The molecule has 3 heterocycles. The van der Waals surface area contributed by atoms with Crippen LogP contribution in [0.25, 0.3) is 11.0 Å². The lowest BCUT2D eigenvalue weighted by Gasteiger charge is -2.17. The van der Waals surface area contributed by atoms with Crippen LogP contribution in [0.15, 0.2) is 37.2 Å². The highest BCUT2D eigenvalue weighted by Crippen LogP contribution is 2.35. The third-order valence-electron chi connectivity index (χ3n) is 4.96. The molecular formula is C21H18Cl2FN5O3. The van der Waals surface area contributed by atoms with E-state index >= 15 is 0 Å². The van der Waals surface area contributed by atoms with Crippen LogP contribution in [0.1, 0.15) is 6.42 Å². The van der Waals surface area contributed by atoms with Crippen molar-refractivity contribution in [2.24, 2.45) is 0 Å². The maximum absolute atomic E-state index is 14.5. The van der Waals surface area contributed by atoms with Crippen LogP contribution in [0.4, 0.5) is 15.9 Å². The Hall–Kier alpha value is -3.17. The first-order valence-electron chi connectivity index (χ1n) is 9.59. The fourth-order valence-corrected chi connectivity index (χ4v) is 3.65. The van der Waals surface area contributed by atoms with E-state index in [-0.39, 0.29) is 39.4 Å². The van der Waals surface area contributed by atoms with Crippen LogP contribution in [0, 0.1) is 5.82 Å². The first-order chi connectivity index (χ1) is 15.4. The Bertz CT molecular complexity index is 1210. The van der Waals surface area contributed by atoms with Crippen LogP contribution in [-0.2, 0) is 4.79 Å². The molecule has 1 aliphatic rings. The molecule has 1 N–H and O–H groups in total. The second-order valence-electron chi connectivity index (χ2n) is 6.95. The van der Waals surface area contributed by atoms with Crippen molar-refractivity contribution in [1.29, 1.82) is 0 Å². The molecule has 0 spiro atoms. The summed E-state index contributed by atoms with van der Waals surface area (Å²) in [5.41, 5.74) is 0.877. The number of carbonyl (C=O) groups is 1. The number of hydrogen-bond acceptors (Lipinski definition) is 7. The average molecular weight is 478 g/mol. The summed E-state index contributed by atoms with van der Waals surface area (Å²) >= 11 is 11.8. The molecule has 1 aromatic carbocycles. The van der Waals surface area contributed by atoms with E-state index in [2.05, 4.69) is 26.8 Å². The molecule has 4 rings (SSSR count). The smallest absolute Gasteiger partial charge is 0.258 e. The van der Waals surface area contributed by atoms with Gasteiger partial charge in [-0.05, 0) is 18.2 Å². The molecule has 32 heavy (non-hydrogen) atoms. The molecule has 2 aromatic heterocycles. The first-order valence-corrected chi connectivity index (χ1v) is 10.3. The quantitative estimate of drug-likeness (QED) is 0.415. The van der Waals surface area contributed by atoms with Crippen LogP contribution in [0.5, 0.6) is 11.6 Å². The topological polar surface area (TPSA) is 89.5 Å². The fourth-order valence-electron chi connectivity index (χ4n) is 3.33. The summed E-state index contributed by atoms with van der Waals surface area (Å²) in [6.07, 6.45) is 2.95. The van der Waals surface area contributed by atoms with Gasteiger partial charge in [0, 0.05) is 19.0 Å². The van der Waals surface area contributed by atoms with Crippen molar-refractivity contribution in [1.82, 2.24) is 19.9 Å². The van der Waals surface area contributed by atoms with Crippen molar-refractivity contribution in [3.05, 3.63) is 53.0 Å². The van der Waals surface area contributed by atoms with E-state index in [9.17, 15) is 9.18 Å². The van der Waals surface area contributed by atoms with E-state index in [1.54, 1.807) is 11.0 Å². The van der Waals surface area contributed by atoms with Gasteiger partial charge in [-0.2, -0.15) is 0 Å². The SMILES string of the molecule is C=CC(=O)N1CCC(Oc2nc3c(Nc4ccc(Cl)c(Cl)c4F)ncnc3cc2OC)C1. The second-order valence-corrected chi connectivity index (χ2v) is 7.74. The number of carbonyl (C=O) groups excluding carboxylic acids is 1. The number of fused-ring (bicyclic) bond motifs is 1. The Morgan fingerprint density at radius 1 is 1.38 bits per heavy atom. The number of pyridine rings is 1. The Morgan fingerprint density at radius 3 is 2.94 bits per heavy atom.